The molecule has 0 rings (SSSR count). The Morgan fingerprint density at radius 2 is 0.688 bits per heavy atom. The Morgan fingerprint density at radius 1 is 0.562 bits per heavy atom. The molecule has 0 heterocycles. The zero-order chi connectivity index (χ0) is 25.9. The molecule has 0 amide bonds. The van der Waals surface area contributed by atoms with Gasteiger partial charge in [-0.25, -0.2) is 0 Å². The van der Waals surface area contributed by atoms with E-state index >= 15 is 0 Å². The van der Waals surface area contributed by atoms with Crippen LogP contribution in [0.1, 0.15) is 67.7 Å². The molecule has 0 aliphatic heterocycles. The minimum absolute atomic E-state index is 0. The van der Waals surface area contributed by atoms with E-state index in [-0.39, 0.29) is 34.7 Å². The number of hydrogen-bond acceptors (Lipinski definition) is 10. The van der Waals surface area contributed by atoms with Crippen molar-refractivity contribution in [2.75, 3.05) is 0 Å². The summed E-state index contributed by atoms with van der Waals surface area (Å²) in [7, 11) is 0. The van der Waals surface area contributed by atoms with Crippen molar-refractivity contribution in [1.82, 2.24) is 0 Å². The number of rotatable bonds is 9. The van der Waals surface area contributed by atoms with Crippen LogP contribution in [0.3, 0.4) is 0 Å². The van der Waals surface area contributed by atoms with Crippen LogP contribution in [-0.2, 0) is 33.6 Å². The standard InChI is InChI=1S/3C6H10O3.C2H4O2.Al/c3*1-3-5(4(2)7)6(8)9;1-2(3)4;/h3*5H,3H2,1-2H3,(H,8,9);1H3,(H,3,4);/q;;;;+3/p-3. The quantitative estimate of drug-likeness (QED) is 0.279. The van der Waals surface area contributed by atoms with Gasteiger partial charge in [0.15, 0.2) is 0 Å². The maximum atomic E-state index is 10.4. The first-order valence-electron chi connectivity index (χ1n) is 9.34. The van der Waals surface area contributed by atoms with E-state index in [1.807, 2.05) is 0 Å². The van der Waals surface area contributed by atoms with Crippen molar-refractivity contribution in [2.24, 2.45) is 17.8 Å². The van der Waals surface area contributed by atoms with Crippen LogP contribution in [0.5, 0.6) is 0 Å². The van der Waals surface area contributed by atoms with Gasteiger partial charge in [-0.15, -0.1) is 0 Å². The molecule has 0 aromatic rings. The molecule has 3 atom stereocenters. The maximum absolute atomic E-state index is 10.4. The van der Waals surface area contributed by atoms with Gasteiger partial charge in [-0.1, -0.05) is 20.8 Å². The second-order valence-corrected chi connectivity index (χ2v) is 6.19. The first kappa shape index (κ1) is 39.8. The van der Waals surface area contributed by atoms with E-state index in [9.17, 15) is 44.1 Å². The first-order valence-corrected chi connectivity index (χ1v) is 9.34. The van der Waals surface area contributed by atoms with Crippen LogP contribution in [0, 0.1) is 17.8 Å². The van der Waals surface area contributed by atoms with Crippen molar-refractivity contribution in [1.29, 1.82) is 0 Å². The molecule has 0 saturated heterocycles. The monoisotopic (exact) mass is 474 g/mol. The molecule has 0 radical (unpaired) electrons. The second-order valence-electron chi connectivity index (χ2n) is 6.19. The van der Waals surface area contributed by atoms with E-state index in [1.165, 1.54) is 20.8 Å². The van der Waals surface area contributed by atoms with Crippen LogP contribution in [0.2, 0.25) is 0 Å². The van der Waals surface area contributed by atoms with Crippen molar-refractivity contribution in [3.63, 3.8) is 0 Å². The van der Waals surface area contributed by atoms with Crippen molar-refractivity contribution in [3.8, 4) is 0 Å². The Bertz CT molecular complexity index is 507. The largest absolute Gasteiger partial charge is 3.00 e. The third kappa shape index (κ3) is 25.5. The molecule has 0 aliphatic rings. The smallest absolute Gasteiger partial charge is 0.549 e. The van der Waals surface area contributed by atoms with Crippen LogP contribution in [0.15, 0.2) is 0 Å². The summed E-state index contributed by atoms with van der Waals surface area (Å²) in [4.78, 5) is 70.3. The Kier molecular flexibility index (Phi) is 28.8. The van der Waals surface area contributed by atoms with Crippen LogP contribution in [0.25, 0.3) is 0 Å². The van der Waals surface area contributed by atoms with Crippen LogP contribution >= 0.6 is 0 Å². The fraction of sp³-hybridized carbons (Fsp3) is 0.650. The van der Waals surface area contributed by atoms with Crippen molar-refractivity contribution >= 4 is 58.6 Å². The van der Waals surface area contributed by atoms with Gasteiger partial charge in [-0.3, -0.25) is 19.2 Å². The Balaban J connectivity index is -0.000000104. The van der Waals surface area contributed by atoms with Gasteiger partial charge >= 0.3 is 17.4 Å². The number of carbonyl (C=O) groups excluding carboxylic acids is 6. The summed E-state index contributed by atoms with van der Waals surface area (Å²) in [5.41, 5.74) is 0. The van der Waals surface area contributed by atoms with Gasteiger partial charge in [0.25, 0.3) is 5.97 Å². The normalized spacial score (nSPS) is 11.5. The number of carbonyl (C=O) groups is 7. The first-order chi connectivity index (χ1) is 14.0. The fourth-order valence-electron chi connectivity index (χ4n) is 1.86. The van der Waals surface area contributed by atoms with E-state index in [4.69, 9.17) is 9.90 Å². The van der Waals surface area contributed by atoms with E-state index in [2.05, 4.69) is 0 Å². The molecule has 180 valence electrons. The molecule has 1 N–H and O–H groups in total. The number of Topliss-reactive ketones (excluding diaryl/α,β-unsaturated/α-hetero) is 3. The average molecular weight is 474 g/mol. The molecule has 0 aromatic carbocycles. The van der Waals surface area contributed by atoms with Crippen molar-refractivity contribution in [3.05, 3.63) is 0 Å². The van der Waals surface area contributed by atoms with E-state index in [0.29, 0.717) is 19.3 Å². The fourth-order valence-corrected chi connectivity index (χ4v) is 1.86. The summed E-state index contributed by atoms with van der Waals surface area (Å²) in [6.07, 6.45) is 0.951. The van der Waals surface area contributed by atoms with Gasteiger partial charge in [0.05, 0.1) is 35.7 Å². The van der Waals surface area contributed by atoms with E-state index in [0.717, 1.165) is 6.92 Å². The summed E-state index contributed by atoms with van der Waals surface area (Å²) < 4.78 is 0. The SMILES string of the molecule is CC(=O)O.CCC(C(C)=O)C(=O)[O-].CCC(C(C)=O)C(=O)[O-].CCC(C(C)=O)C(=O)[O-].[Al+3]. The molecule has 0 spiro atoms. The Morgan fingerprint density at radius 3 is 0.688 bits per heavy atom. The topological polar surface area (TPSA) is 209 Å². The van der Waals surface area contributed by atoms with E-state index in [1.54, 1.807) is 20.8 Å². The van der Waals surface area contributed by atoms with Crippen LogP contribution in [-0.4, -0.2) is 63.7 Å². The molecular weight excluding hydrogens is 443 g/mol. The molecule has 32 heavy (non-hydrogen) atoms. The molecule has 0 fully saturated rings. The number of ketones is 3. The summed E-state index contributed by atoms with van der Waals surface area (Å²) in [5.74, 6) is -8.40. The third-order valence-electron chi connectivity index (χ3n) is 3.55. The van der Waals surface area contributed by atoms with Crippen LogP contribution in [0.4, 0.5) is 0 Å². The van der Waals surface area contributed by atoms with Gasteiger partial charge in [0.2, 0.25) is 0 Å². The minimum Gasteiger partial charge on any atom is -0.549 e. The summed E-state index contributed by atoms with van der Waals surface area (Å²) in [6.45, 7) is 9.77. The summed E-state index contributed by atoms with van der Waals surface area (Å²) in [6, 6.07) is 0. The molecule has 0 bridgehead atoms. The molecule has 0 saturated carbocycles. The molecule has 11 nitrogen and oxygen atoms in total. The summed E-state index contributed by atoms with van der Waals surface area (Å²) >= 11 is 0. The van der Waals surface area contributed by atoms with Crippen molar-refractivity contribution in [2.45, 2.75) is 67.7 Å². The summed E-state index contributed by atoms with van der Waals surface area (Å²) in [5, 5.41) is 37.5. The zero-order valence-electron chi connectivity index (χ0n) is 19.5. The number of hydrogen-bond donors (Lipinski definition) is 1. The van der Waals surface area contributed by atoms with Gasteiger partial charge in [0, 0.05) is 6.92 Å². The number of carboxylic acid groups (broad SMARTS) is 4. The van der Waals surface area contributed by atoms with E-state index < -0.39 is 41.6 Å². The van der Waals surface area contributed by atoms with Crippen molar-refractivity contribution < 1.29 is 54.0 Å². The predicted molar refractivity (Wildman–Crippen MR) is 107 cm³/mol. The number of carboxylic acids is 4. The number of aliphatic carboxylic acids is 4. The minimum atomic E-state index is -1.27. The van der Waals surface area contributed by atoms with Gasteiger partial charge in [0.1, 0.15) is 17.3 Å². The van der Waals surface area contributed by atoms with Gasteiger partial charge in [-0.2, -0.15) is 0 Å². The Labute approximate surface area is 198 Å². The molecule has 0 aliphatic carbocycles. The third-order valence-corrected chi connectivity index (χ3v) is 3.55. The average Bonchev–Trinajstić information content (AvgIpc) is 2.54. The predicted octanol–water partition coefficient (Wildman–Crippen LogP) is -2.24. The zero-order valence-corrected chi connectivity index (χ0v) is 20.6. The molecule has 12 heteroatoms. The maximum Gasteiger partial charge on any atom is 3.00 e. The van der Waals surface area contributed by atoms with Gasteiger partial charge < -0.3 is 34.8 Å². The molecular formula is C20H31AlO11. The molecule has 0 aromatic heterocycles. The Hall–Kier alpha value is -2.58. The second kappa shape index (κ2) is 23.1. The van der Waals surface area contributed by atoms with Crippen LogP contribution < -0.4 is 15.3 Å². The molecule has 3 unspecified atom stereocenters. The van der Waals surface area contributed by atoms with Gasteiger partial charge in [-0.05, 0) is 40.0 Å².